The second-order valence-corrected chi connectivity index (χ2v) is 5.90. The lowest BCUT2D eigenvalue weighted by atomic mass is 10.1. The van der Waals surface area contributed by atoms with Crippen LogP contribution in [-0.4, -0.2) is 42.4 Å². The van der Waals surface area contributed by atoms with Gasteiger partial charge in [0.25, 0.3) is 5.91 Å². The van der Waals surface area contributed by atoms with Crippen molar-refractivity contribution < 1.29 is 9.59 Å². The van der Waals surface area contributed by atoms with Crippen LogP contribution in [0.15, 0.2) is 24.3 Å². The van der Waals surface area contributed by atoms with Crippen molar-refractivity contribution in [1.29, 1.82) is 0 Å². The largest absolute Gasteiger partial charge is 0.333 e. The van der Waals surface area contributed by atoms with Gasteiger partial charge in [-0.05, 0) is 38.0 Å². The van der Waals surface area contributed by atoms with Crippen LogP contribution < -0.4 is 10.6 Å². The average molecular weight is 287 g/mol. The SMILES string of the molecule is C[C@H]1CNCCN1C(=O)c1cccc(NC(=O)C2CC2)c1. The Kier molecular flexibility index (Phi) is 3.92. The first kappa shape index (κ1) is 14.1. The third-order valence-corrected chi connectivity index (χ3v) is 4.09. The molecule has 1 aromatic rings. The van der Waals surface area contributed by atoms with Gasteiger partial charge < -0.3 is 15.5 Å². The fraction of sp³-hybridized carbons (Fsp3) is 0.500. The van der Waals surface area contributed by atoms with Gasteiger partial charge in [-0.1, -0.05) is 6.07 Å². The number of amides is 2. The van der Waals surface area contributed by atoms with Crippen LogP contribution in [0.4, 0.5) is 5.69 Å². The first-order valence-electron chi connectivity index (χ1n) is 7.58. The molecule has 21 heavy (non-hydrogen) atoms. The Bertz CT molecular complexity index is 554. The second kappa shape index (κ2) is 5.85. The van der Waals surface area contributed by atoms with Crippen molar-refractivity contribution in [3.63, 3.8) is 0 Å². The number of benzene rings is 1. The van der Waals surface area contributed by atoms with Crippen LogP contribution in [0.5, 0.6) is 0 Å². The summed E-state index contributed by atoms with van der Waals surface area (Å²) < 4.78 is 0. The molecule has 2 aliphatic rings. The van der Waals surface area contributed by atoms with E-state index >= 15 is 0 Å². The van der Waals surface area contributed by atoms with Gasteiger partial charge in [-0.25, -0.2) is 0 Å². The van der Waals surface area contributed by atoms with Crippen molar-refractivity contribution in [2.24, 2.45) is 5.92 Å². The monoisotopic (exact) mass is 287 g/mol. The van der Waals surface area contributed by atoms with E-state index in [1.807, 2.05) is 30.0 Å². The smallest absolute Gasteiger partial charge is 0.254 e. The summed E-state index contributed by atoms with van der Waals surface area (Å²) in [6.45, 7) is 4.42. The van der Waals surface area contributed by atoms with E-state index in [-0.39, 0.29) is 23.8 Å². The Morgan fingerprint density at radius 1 is 1.33 bits per heavy atom. The van der Waals surface area contributed by atoms with Gasteiger partial charge in [0, 0.05) is 42.8 Å². The van der Waals surface area contributed by atoms with Crippen molar-refractivity contribution in [3.05, 3.63) is 29.8 Å². The minimum atomic E-state index is 0.0338. The van der Waals surface area contributed by atoms with Crippen LogP contribution in [0.2, 0.25) is 0 Å². The molecule has 112 valence electrons. The van der Waals surface area contributed by atoms with Crippen molar-refractivity contribution in [3.8, 4) is 0 Å². The number of nitrogens with zero attached hydrogens (tertiary/aromatic N) is 1. The Hall–Kier alpha value is -1.88. The third kappa shape index (κ3) is 3.24. The van der Waals surface area contributed by atoms with E-state index in [0.717, 1.165) is 32.5 Å². The van der Waals surface area contributed by atoms with E-state index in [0.29, 0.717) is 11.3 Å². The van der Waals surface area contributed by atoms with Crippen molar-refractivity contribution >= 4 is 17.5 Å². The number of hydrogen-bond acceptors (Lipinski definition) is 3. The summed E-state index contributed by atoms with van der Waals surface area (Å²) in [6.07, 6.45) is 1.95. The van der Waals surface area contributed by atoms with Crippen LogP contribution in [0.25, 0.3) is 0 Å². The lowest BCUT2D eigenvalue weighted by Gasteiger charge is -2.34. The van der Waals surface area contributed by atoms with Gasteiger partial charge in [0.15, 0.2) is 0 Å². The highest BCUT2D eigenvalue weighted by atomic mass is 16.2. The minimum Gasteiger partial charge on any atom is -0.333 e. The standard InChI is InChI=1S/C16H21N3O2/c1-11-10-17-7-8-19(11)16(21)13-3-2-4-14(9-13)18-15(20)12-5-6-12/h2-4,9,11-12,17H,5-8,10H2,1H3,(H,18,20)/t11-/m0/s1. The lowest BCUT2D eigenvalue weighted by Crippen LogP contribution is -2.52. The highest BCUT2D eigenvalue weighted by molar-refractivity contribution is 5.98. The molecule has 1 atom stereocenters. The van der Waals surface area contributed by atoms with E-state index in [2.05, 4.69) is 10.6 Å². The Morgan fingerprint density at radius 3 is 2.86 bits per heavy atom. The zero-order chi connectivity index (χ0) is 14.8. The number of carbonyl (C=O) groups excluding carboxylic acids is 2. The molecule has 1 heterocycles. The maximum Gasteiger partial charge on any atom is 0.254 e. The average Bonchev–Trinajstić information content (AvgIpc) is 3.32. The van der Waals surface area contributed by atoms with Crippen molar-refractivity contribution in [2.75, 3.05) is 25.0 Å². The maximum atomic E-state index is 12.6. The number of anilines is 1. The molecule has 1 aromatic carbocycles. The predicted molar refractivity (Wildman–Crippen MR) is 81.2 cm³/mol. The summed E-state index contributed by atoms with van der Waals surface area (Å²) in [4.78, 5) is 26.3. The zero-order valence-corrected chi connectivity index (χ0v) is 12.3. The second-order valence-electron chi connectivity index (χ2n) is 5.90. The summed E-state index contributed by atoms with van der Waals surface area (Å²) in [6, 6.07) is 7.43. The molecule has 5 heteroatoms. The quantitative estimate of drug-likeness (QED) is 0.885. The summed E-state index contributed by atoms with van der Waals surface area (Å²) in [7, 11) is 0. The number of piperazine rings is 1. The molecule has 0 aromatic heterocycles. The maximum absolute atomic E-state index is 12.6. The van der Waals surface area contributed by atoms with Gasteiger partial charge in [0.1, 0.15) is 0 Å². The van der Waals surface area contributed by atoms with Gasteiger partial charge in [0.05, 0.1) is 0 Å². The Labute approximate surface area is 124 Å². The normalized spacial score (nSPS) is 22.0. The predicted octanol–water partition coefficient (Wildman–Crippen LogP) is 1.47. The van der Waals surface area contributed by atoms with Gasteiger partial charge >= 0.3 is 0 Å². The first-order valence-corrected chi connectivity index (χ1v) is 7.58. The molecule has 0 radical (unpaired) electrons. The topological polar surface area (TPSA) is 61.4 Å². The summed E-state index contributed by atoms with van der Waals surface area (Å²) in [5.74, 6) is 0.263. The zero-order valence-electron chi connectivity index (χ0n) is 12.3. The van der Waals surface area contributed by atoms with E-state index in [1.54, 1.807) is 6.07 Å². The molecule has 1 saturated carbocycles. The molecule has 0 spiro atoms. The van der Waals surface area contributed by atoms with Crippen LogP contribution in [0.1, 0.15) is 30.1 Å². The van der Waals surface area contributed by atoms with Crippen LogP contribution in [-0.2, 0) is 4.79 Å². The molecule has 5 nitrogen and oxygen atoms in total. The summed E-state index contributed by atoms with van der Waals surface area (Å²) in [5, 5.41) is 6.17. The van der Waals surface area contributed by atoms with Gasteiger partial charge in [-0.3, -0.25) is 9.59 Å². The van der Waals surface area contributed by atoms with Crippen molar-refractivity contribution in [2.45, 2.75) is 25.8 Å². The lowest BCUT2D eigenvalue weighted by molar-refractivity contribution is -0.117. The van der Waals surface area contributed by atoms with Crippen LogP contribution >= 0.6 is 0 Å². The molecule has 3 rings (SSSR count). The van der Waals surface area contributed by atoms with E-state index < -0.39 is 0 Å². The molecular weight excluding hydrogens is 266 g/mol. The van der Waals surface area contributed by atoms with Crippen LogP contribution in [0, 0.1) is 5.92 Å². The fourth-order valence-electron chi connectivity index (χ4n) is 2.63. The molecular formula is C16H21N3O2. The number of hydrogen-bond donors (Lipinski definition) is 2. The molecule has 0 unspecified atom stereocenters. The van der Waals surface area contributed by atoms with E-state index in [9.17, 15) is 9.59 Å². The van der Waals surface area contributed by atoms with Gasteiger partial charge in [-0.15, -0.1) is 0 Å². The number of nitrogens with one attached hydrogen (secondary N) is 2. The molecule has 0 bridgehead atoms. The Morgan fingerprint density at radius 2 is 2.14 bits per heavy atom. The number of carbonyl (C=O) groups is 2. The Balaban J connectivity index is 1.72. The highest BCUT2D eigenvalue weighted by Gasteiger charge is 2.30. The third-order valence-electron chi connectivity index (χ3n) is 4.09. The number of rotatable bonds is 3. The molecule has 1 aliphatic heterocycles. The van der Waals surface area contributed by atoms with Gasteiger partial charge in [-0.2, -0.15) is 0 Å². The highest BCUT2D eigenvalue weighted by Crippen LogP contribution is 2.30. The van der Waals surface area contributed by atoms with Crippen LogP contribution in [0.3, 0.4) is 0 Å². The summed E-state index contributed by atoms with van der Waals surface area (Å²) >= 11 is 0. The van der Waals surface area contributed by atoms with E-state index in [1.165, 1.54) is 0 Å². The molecule has 2 N–H and O–H groups in total. The molecule has 1 aliphatic carbocycles. The minimum absolute atomic E-state index is 0.0338. The molecule has 1 saturated heterocycles. The molecule has 2 amide bonds. The first-order chi connectivity index (χ1) is 10.1. The summed E-state index contributed by atoms with van der Waals surface area (Å²) in [5.41, 5.74) is 1.35. The van der Waals surface area contributed by atoms with E-state index in [4.69, 9.17) is 0 Å². The van der Waals surface area contributed by atoms with Crippen molar-refractivity contribution in [1.82, 2.24) is 10.2 Å². The fourth-order valence-corrected chi connectivity index (χ4v) is 2.63. The van der Waals surface area contributed by atoms with Gasteiger partial charge in [0.2, 0.25) is 5.91 Å². The molecule has 2 fully saturated rings.